The minimum atomic E-state index is -1.32. The fraction of sp³-hybridized carbons (Fsp3) is 0.263. The van der Waals surface area contributed by atoms with Crippen LogP contribution in [0.3, 0.4) is 0 Å². The molecule has 29 heavy (non-hydrogen) atoms. The average molecular weight is 408 g/mol. The van der Waals surface area contributed by atoms with Crippen molar-refractivity contribution in [3.8, 4) is 11.5 Å². The van der Waals surface area contributed by atoms with E-state index in [4.69, 9.17) is 9.47 Å². The number of hydrogen-bond donors (Lipinski definition) is 1. The van der Waals surface area contributed by atoms with E-state index in [2.05, 4.69) is 5.32 Å². The van der Waals surface area contributed by atoms with Crippen LogP contribution in [0.5, 0.6) is 11.5 Å². The summed E-state index contributed by atoms with van der Waals surface area (Å²) in [6.45, 7) is 3.12. The lowest BCUT2D eigenvalue weighted by atomic mass is 10.0. The Morgan fingerprint density at radius 1 is 1.14 bits per heavy atom. The number of methoxy groups -OCH3 is 1. The Kier molecular flexibility index (Phi) is 6.81. The van der Waals surface area contributed by atoms with Crippen LogP contribution in [0.25, 0.3) is 0 Å². The van der Waals surface area contributed by atoms with Gasteiger partial charge in [-0.15, -0.1) is 0 Å². The number of ether oxygens (including phenoxy) is 2. The van der Waals surface area contributed by atoms with E-state index in [-0.39, 0.29) is 11.5 Å². The zero-order chi connectivity index (χ0) is 21.7. The van der Waals surface area contributed by atoms with Crippen molar-refractivity contribution in [3.05, 3.63) is 63.7 Å². The van der Waals surface area contributed by atoms with Crippen LogP contribution in [0.1, 0.15) is 24.2 Å². The van der Waals surface area contributed by atoms with Crippen molar-refractivity contribution in [1.82, 2.24) is 5.32 Å². The van der Waals surface area contributed by atoms with E-state index in [1.807, 2.05) is 0 Å². The second-order valence-electron chi connectivity index (χ2n) is 6.30. The van der Waals surface area contributed by atoms with Crippen LogP contribution in [0, 0.1) is 27.7 Å². The molecule has 0 heterocycles. The molecule has 2 aromatic carbocycles. The summed E-state index contributed by atoms with van der Waals surface area (Å²) < 4.78 is 37.6. The molecule has 0 saturated heterocycles. The number of nitrogens with one attached hydrogen (secondary N) is 1. The van der Waals surface area contributed by atoms with Crippen molar-refractivity contribution < 1.29 is 32.8 Å². The molecule has 0 spiro atoms. The van der Waals surface area contributed by atoms with Gasteiger partial charge in [0, 0.05) is 0 Å². The number of nitro groups is 1. The number of amides is 1. The highest BCUT2D eigenvalue weighted by molar-refractivity contribution is 5.97. The molecule has 2 aromatic rings. The van der Waals surface area contributed by atoms with Gasteiger partial charge in [0.05, 0.1) is 18.1 Å². The fourth-order valence-corrected chi connectivity index (χ4v) is 2.45. The van der Waals surface area contributed by atoms with Crippen molar-refractivity contribution in [2.24, 2.45) is 5.92 Å². The number of nitro benzene ring substituents is 1. The first-order valence-electron chi connectivity index (χ1n) is 8.44. The summed E-state index contributed by atoms with van der Waals surface area (Å²) in [5.41, 5.74) is -1.37. The van der Waals surface area contributed by atoms with Crippen molar-refractivity contribution >= 4 is 17.6 Å². The number of halogens is 2. The zero-order valence-corrected chi connectivity index (χ0v) is 15.8. The number of carbonyl (C=O) groups excluding carboxylic acids is 2. The number of esters is 1. The smallest absolute Gasteiger partial charge is 0.334 e. The molecule has 1 N–H and O–H groups in total. The quantitative estimate of drug-likeness (QED) is 0.326. The van der Waals surface area contributed by atoms with Crippen molar-refractivity contribution in [3.63, 3.8) is 0 Å². The number of hydrogen-bond acceptors (Lipinski definition) is 6. The SMILES string of the molecule is COc1ccc(OC(=O)C(NC(=O)c2c(F)cccc2F)C(C)C)c([N+](=O)[O-])c1. The maximum atomic E-state index is 13.8. The van der Waals surface area contributed by atoms with E-state index in [1.54, 1.807) is 13.8 Å². The van der Waals surface area contributed by atoms with E-state index in [1.165, 1.54) is 19.2 Å². The highest BCUT2D eigenvalue weighted by Gasteiger charge is 2.30. The minimum Gasteiger partial charge on any atom is -0.496 e. The lowest BCUT2D eigenvalue weighted by molar-refractivity contribution is -0.385. The van der Waals surface area contributed by atoms with Gasteiger partial charge >= 0.3 is 11.7 Å². The first-order chi connectivity index (χ1) is 13.6. The van der Waals surface area contributed by atoms with E-state index in [0.29, 0.717) is 0 Å². The van der Waals surface area contributed by atoms with E-state index in [9.17, 15) is 28.5 Å². The lowest BCUT2D eigenvalue weighted by Crippen LogP contribution is -2.46. The molecule has 0 radical (unpaired) electrons. The van der Waals surface area contributed by atoms with Crippen LogP contribution in [0.15, 0.2) is 36.4 Å². The molecular formula is C19H18F2N2O6. The van der Waals surface area contributed by atoms with Gasteiger partial charge in [0.15, 0.2) is 0 Å². The van der Waals surface area contributed by atoms with E-state index in [0.717, 1.165) is 24.3 Å². The Bertz CT molecular complexity index is 928. The highest BCUT2D eigenvalue weighted by atomic mass is 19.1. The Morgan fingerprint density at radius 2 is 1.76 bits per heavy atom. The summed E-state index contributed by atoms with van der Waals surface area (Å²) in [6, 6.07) is 5.18. The molecule has 0 fully saturated rings. The first-order valence-corrected chi connectivity index (χ1v) is 8.44. The molecule has 1 atom stereocenters. The summed E-state index contributed by atoms with van der Waals surface area (Å²) in [5, 5.41) is 13.4. The Balaban J connectivity index is 2.27. The molecule has 154 valence electrons. The summed E-state index contributed by atoms with van der Waals surface area (Å²) in [4.78, 5) is 35.3. The molecule has 0 aliphatic heterocycles. The largest absolute Gasteiger partial charge is 0.496 e. The van der Waals surface area contributed by atoms with Gasteiger partial charge in [-0.1, -0.05) is 19.9 Å². The molecule has 1 unspecified atom stereocenters. The molecule has 10 heteroatoms. The van der Waals surface area contributed by atoms with Crippen LogP contribution in [-0.2, 0) is 4.79 Å². The van der Waals surface area contributed by atoms with Crippen LogP contribution >= 0.6 is 0 Å². The predicted molar refractivity (Wildman–Crippen MR) is 97.7 cm³/mol. The monoisotopic (exact) mass is 408 g/mol. The third-order valence-electron chi connectivity index (χ3n) is 3.97. The number of nitrogens with zero attached hydrogens (tertiary/aromatic N) is 1. The molecule has 2 rings (SSSR count). The van der Waals surface area contributed by atoms with Crippen LogP contribution in [0.4, 0.5) is 14.5 Å². The normalized spacial score (nSPS) is 11.7. The highest BCUT2D eigenvalue weighted by Crippen LogP contribution is 2.31. The lowest BCUT2D eigenvalue weighted by Gasteiger charge is -2.21. The fourth-order valence-electron chi connectivity index (χ4n) is 2.45. The topological polar surface area (TPSA) is 108 Å². The van der Waals surface area contributed by atoms with Gasteiger partial charge < -0.3 is 14.8 Å². The van der Waals surface area contributed by atoms with Gasteiger partial charge in [0.1, 0.15) is 29.0 Å². The predicted octanol–water partition coefficient (Wildman–Crippen LogP) is 3.24. The average Bonchev–Trinajstić information content (AvgIpc) is 2.65. The molecule has 0 saturated carbocycles. The summed E-state index contributed by atoms with van der Waals surface area (Å²) in [7, 11) is 1.32. The van der Waals surface area contributed by atoms with Crippen LogP contribution < -0.4 is 14.8 Å². The molecule has 0 aromatic heterocycles. The van der Waals surface area contributed by atoms with Crippen LogP contribution in [-0.4, -0.2) is 30.0 Å². The third-order valence-corrected chi connectivity index (χ3v) is 3.97. The zero-order valence-electron chi connectivity index (χ0n) is 15.8. The second kappa shape index (κ2) is 9.09. The van der Waals surface area contributed by atoms with Gasteiger partial charge in [0.2, 0.25) is 5.75 Å². The third kappa shape index (κ3) is 5.03. The molecule has 0 bridgehead atoms. The molecule has 8 nitrogen and oxygen atoms in total. The second-order valence-corrected chi connectivity index (χ2v) is 6.30. The number of rotatable bonds is 7. The van der Waals surface area contributed by atoms with E-state index >= 15 is 0 Å². The van der Waals surface area contributed by atoms with Crippen LogP contribution in [0.2, 0.25) is 0 Å². The summed E-state index contributed by atoms with van der Waals surface area (Å²) in [5.74, 6) is -5.09. The minimum absolute atomic E-state index is 0.181. The maximum absolute atomic E-state index is 13.8. The maximum Gasteiger partial charge on any atom is 0.334 e. The van der Waals surface area contributed by atoms with Gasteiger partial charge in [-0.2, -0.15) is 0 Å². The van der Waals surface area contributed by atoms with Crippen molar-refractivity contribution in [2.45, 2.75) is 19.9 Å². The van der Waals surface area contributed by atoms with E-state index < -0.39 is 51.6 Å². The van der Waals surface area contributed by atoms with Crippen molar-refractivity contribution in [2.75, 3.05) is 7.11 Å². The number of benzene rings is 2. The van der Waals surface area contributed by atoms with Gasteiger partial charge in [-0.25, -0.2) is 13.6 Å². The van der Waals surface area contributed by atoms with Crippen molar-refractivity contribution in [1.29, 1.82) is 0 Å². The van der Waals surface area contributed by atoms with Gasteiger partial charge in [-0.3, -0.25) is 14.9 Å². The standard InChI is InChI=1S/C19H18F2N2O6/c1-10(2)17(22-18(24)16-12(20)5-4-6-13(16)21)19(25)29-15-8-7-11(28-3)9-14(15)23(26)27/h4-10,17H,1-3H3,(H,22,24). The Hall–Kier alpha value is -3.56. The molecule has 0 aliphatic carbocycles. The molecule has 0 aliphatic rings. The Morgan fingerprint density at radius 3 is 2.28 bits per heavy atom. The molecular weight excluding hydrogens is 390 g/mol. The molecule has 1 amide bonds. The van der Waals surface area contributed by atoms with Gasteiger partial charge in [0.25, 0.3) is 5.91 Å². The van der Waals surface area contributed by atoms with Gasteiger partial charge in [-0.05, 0) is 30.2 Å². The summed E-state index contributed by atoms with van der Waals surface area (Å²) in [6.07, 6.45) is 0. The Labute approximate surface area is 164 Å². The first kappa shape index (κ1) is 21.7. The summed E-state index contributed by atoms with van der Waals surface area (Å²) >= 11 is 0. The number of carbonyl (C=O) groups is 2.